The van der Waals surface area contributed by atoms with E-state index in [-0.39, 0.29) is 17.0 Å². The van der Waals surface area contributed by atoms with Crippen LogP contribution in [-0.4, -0.2) is 15.1 Å². The van der Waals surface area contributed by atoms with E-state index in [4.69, 9.17) is 4.52 Å². The lowest BCUT2D eigenvalue weighted by Crippen LogP contribution is -2.11. The van der Waals surface area contributed by atoms with E-state index in [0.29, 0.717) is 16.7 Å². The number of halogens is 1. The van der Waals surface area contributed by atoms with Crippen molar-refractivity contribution in [2.24, 2.45) is 0 Å². The number of hydrogen-bond acceptors (Lipinski definition) is 5. The third-order valence-electron chi connectivity index (χ3n) is 4.89. The number of aromatic nitrogens is 3. The maximum Gasteiger partial charge on any atom is 0.259 e. The third kappa shape index (κ3) is 3.54. The van der Waals surface area contributed by atoms with Gasteiger partial charge in [0.05, 0.1) is 21.9 Å². The van der Waals surface area contributed by atoms with Crippen molar-refractivity contribution in [2.45, 2.75) is 0 Å². The van der Waals surface area contributed by atoms with Crippen molar-refractivity contribution in [3.63, 3.8) is 0 Å². The summed E-state index contributed by atoms with van der Waals surface area (Å²) in [5.41, 5.74) is 2.87. The number of aromatic amines is 1. The first-order valence-corrected chi connectivity index (χ1v) is 10.2. The highest BCUT2D eigenvalue weighted by Crippen LogP contribution is 2.30. The Kier molecular flexibility index (Phi) is 4.69. The lowest BCUT2D eigenvalue weighted by atomic mass is 10.0. The molecule has 5 rings (SSSR count). The fourth-order valence-corrected chi connectivity index (χ4v) is 3.77. The first-order chi connectivity index (χ1) is 15.1. The van der Waals surface area contributed by atoms with Crippen LogP contribution in [0, 0.1) is 11.3 Å². The molecule has 0 fully saturated rings. The van der Waals surface area contributed by atoms with Gasteiger partial charge in [0.2, 0.25) is 0 Å². The predicted molar refractivity (Wildman–Crippen MR) is 123 cm³/mol. The summed E-state index contributed by atoms with van der Waals surface area (Å²) in [5.74, 6) is 0.878. The second-order valence-corrected chi connectivity index (χ2v) is 7.82. The van der Waals surface area contributed by atoms with Gasteiger partial charge in [0.15, 0.2) is 11.6 Å². The molecule has 0 aliphatic carbocycles. The number of hydrogen-bond donors (Lipinski definition) is 1. The molecule has 31 heavy (non-hydrogen) atoms. The minimum absolute atomic E-state index is 0.219. The largest absolute Gasteiger partial charge is 0.355 e. The van der Waals surface area contributed by atoms with Gasteiger partial charge in [-0.2, -0.15) is 5.26 Å². The molecule has 7 heteroatoms. The van der Waals surface area contributed by atoms with Crippen molar-refractivity contribution in [1.82, 2.24) is 15.1 Å². The molecule has 0 radical (unpaired) electrons. The molecule has 0 unspecified atom stereocenters. The number of nitriles is 1. The molecule has 2 aromatic heterocycles. The van der Waals surface area contributed by atoms with Gasteiger partial charge in [-0.3, -0.25) is 4.79 Å². The zero-order valence-corrected chi connectivity index (χ0v) is 17.6. The minimum Gasteiger partial charge on any atom is -0.355 e. The van der Waals surface area contributed by atoms with E-state index >= 15 is 0 Å². The highest BCUT2D eigenvalue weighted by molar-refractivity contribution is 9.10. The van der Waals surface area contributed by atoms with Crippen LogP contribution in [0.5, 0.6) is 0 Å². The summed E-state index contributed by atoms with van der Waals surface area (Å²) >= 11 is 3.35. The molecule has 0 bridgehead atoms. The van der Waals surface area contributed by atoms with Crippen LogP contribution in [0.4, 0.5) is 0 Å². The fraction of sp³-hybridized carbons (Fsp3) is 0. The van der Waals surface area contributed by atoms with Gasteiger partial charge in [-0.1, -0.05) is 57.5 Å². The summed E-state index contributed by atoms with van der Waals surface area (Å²) in [7, 11) is 0. The Bertz CT molecular complexity index is 1580. The van der Waals surface area contributed by atoms with Gasteiger partial charge in [-0.25, -0.2) is 4.98 Å². The average molecular weight is 469 g/mol. The quantitative estimate of drug-likeness (QED) is 0.349. The number of nitrogens with zero attached hydrogens (tertiary/aromatic N) is 3. The van der Waals surface area contributed by atoms with Gasteiger partial charge >= 0.3 is 0 Å². The van der Waals surface area contributed by atoms with E-state index in [9.17, 15) is 10.1 Å². The average Bonchev–Trinajstić information content (AvgIpc) is 3.21. The molecule has 1 N–H and O–H groups in total. The Morgan fingerprint density at radius 1 is 1.03 bits per heavy atom. The standard InChI is InChI=1S/C24H13BrN4O2/c25-17-7-9-20-19(12-17)24(30)28-23(27-20)16(13-26)10-14-6-8-21-18(11-14)22(31-29-21)15-4-2-1-3-5-15/h1-12H,(H,27,28,30). The monoisotopic (exact) mass is 468 g/mol. The molecule has 0 aliphatic heterocycles. The van der Waals surface area contributed by atoms with Crippen molar-refractivity contribution < 1.29 is 4.52 Å². The van der Waals surface area contributed by atoms with Gasteiger partial charge < -0.3 is 9.51 Å². The van der Waals surface area contributed by atoms with E-state index in [1.807, 2.05) is 48.5 Å². The first-order valence-electron chi connectivity index (χ1n) is 9.39. The van der Waals surface area contributed by atoms with Crippen LogP contribution in [0.1, 0.15) is 11.4 Å². The zero-order chi connectivity index (χ0) is 21.4. The van der Waals surface area contributed by atoms with Crippen molar-refractivity contribution >= 4 is 49.4 Å². The second kappa shape index (κ2) is 7.67. The second-order valence-electron chi connectivity index (χ2n) is 6.90. The van der Waals surface area contributed by atoms with Crippen molar-refractivity contribution in [3.8, 4) is 17.4 Å². The Balaban J connectivity index is 1.62. The minimum atomic E-state index is -0.302. The van der Waals surface area contributed by atoms with Crippen LogP contribution in [0.2, 0.25) is 0 Å². The van der Waals surface area contributed by atoms with Crippen LogP contribution in [0.25, 0.3) is 44.8 Å². The number of rotatable bonds is 3. The highest BCUT2D eigenvalue weighted by atomic mass is 79.9. The topological polar surface area (TPSA) is 95.6 Å². The number of fused-ring (bicyclic) bond motifs is 2. The molecular weight excluding hydrogens is 456 g/mol. The van der Waals surface area contributed by atoms with E-state index < -0.39 is 0 Å². The smallest absolute Gasteiger partial charge is 0.259 e. The molecule has 2 heterocycles. The predicted octanol–water partition coefficient (Wildman–Crippen LogP) is 5.56. The molecule has 0 saturated heterocycles. The Hall–Kier alpha value is -4.02. The summed E-state index contributed by atoms with van der Waals surface area (Å²) in [6, 6.07) is 22.7. The van der Waals surface area contributed by atoms with Gasteiger partial charge in [-0.15, -0.1) is 0 Å². The molecular formula is C24H13BrN4O2. The summed E-state index contributed by atoms with van der Waals surface area (Å²) in [6.07, 6.45) is 1.68. The Morgan fingerprint density at radius 3 is 2.65 bits per heavy atom. The van der Waals surface area contributed by atoms with Gasteiger partial charge in [0, 0.05) is 10.0 Å². The van der Waals surface area contributed by atoms with Gasteiger partial charge in [0.25, 0.3) is 5.56 Å². The molecule has 0 aliphatic rings. The fourth-order valence-electron chi connectivity index (χ4n) is 3.41. The molecule has 6 nitrogen and oxygen atoms in total. The molecule has 0 atom stereocenters. The van der Waals surface area contributed by atoms with Crippen LogP contribution in [-0.2, 0) is 0 Å². The lowest BCUT2D eigenvalue weighted by Gasteiger charge is -2.03. The summed E-state index contributed by atoms with van der Waals surface area (Å²) in [4.78, 5) is 19.7. The zero-order valence-electron chi connectivity index (χ0n) is 16.0. The third-order valence-corrected chi connectivity index (χ3v) is 5.38. The van der Waals surface area contributed by atoms with Crippen LogP contribution < -0.4 is 5.56 Å². The van der Waals surface area contributed by atoms with E-state index in [2.05, 4.69) is 37.1 Å². The molecule has 0 spiro atoms. The SMILES string of the molecule is N#CC(=Cc1ccc2noc(-c3ccccc3)c2c1)c1nc2ccc(Br)cc2c(=O)[nH]1. The normalized spacial score (nSPS) is 11.7. The van der Waals surface area contributed by atoms with E-state index in [0.717, 1.165) is 26.5 Å². The first kappa shape index (κ1) is 19.0. The van der Waals surface area contributed by atoms with E-state index in [1.54, 1.807) is 24.3 Å². The number of allylic oxidation sites excluding steroid dienone is 1. The molecule has 3 aromatic carbocycles. The molecule has 0 amide bonds. The van der Waals surface area contributed by atoms with Gasteiger partial charge in [0.1, 0.15) is 11.6 Å². The maximum atomic E-state index is 12.5. The molecule has 148 valence electrons. The molecule has 5 aromatic rings. The van der Waals surface area contributed by atoms with Crippen LogP contribution in [0.3, 0.4) is 0 Å². The summed E-state index contributed by atoms with van der Waals surface area (Å²) < 4.78 is 6.33. The Morgan fingerprint density at radius 2 is 1.84 bits per heavy atom. The van der Waals surface area contributed by atoms with Gasteiger partial charge in [-0.05, 0) is 42.0 Å². The highest BCUT2D eigenvalue weighted by Gasteiger charge is 2.12. The van der Waals surface area contributed by atoms with Crippen LogP contribution >= 0.6 is 15.9 Å². The number of benzene rings is 3. The van der Waals surface area contributed by atoms with Crippen molar-refractivity contribution in [2.75, 3.05) is 0 Å². The van der Waals surface area contributed by atoms with E-state index in [1.165, 1.54) is 0 Å². The number of H-pyrrole nitrogens is 1. The van der Waals surface area contributed by atoms with Crippen molar-refractivity contribution in [1.29, 1.82) is 5.26 Å². The lowest BCUT2D eigenvalue weighted by molar-refractivity contribution is 0.441. The summed E-state index contributed by atoms with van der Waals surface area (Å²) in [6.45, 7) is 0. The van der Waals surface area contributed by atoms with Crippen LogP contribution in [0.15, 0.2) is 80.5 Å². The molecule has 0 saturated carbocycles. The maximum absolute atomic E-state index is 12.5. The number of nitrogens with one attached hydrogen (secondary N) is 1. The summed E-state index contributed by atoms with van der Waals surface area (Å²) in [5, 5.41) is 15.1. The van der Waals surface area contributed by atoms with Crippen molar-refractivity contribution in [3.05, 3.63) is 92.9 Å². The Labute approximate surface area is 184 Å².